The molecule has 1 N–H and O–H groups in total. The van der Waals surface area contributed by atoms with Crippen molar-refractivity contribution in [1.82, 2.24) is 5.32 Å². The average molecular weight is 436 g/mol. The topological polar surface area (TPSA) is 72.5 Å². The Morgan fingerprint density at radius 3 is 2.36 bits per heavy atom. The van der Waals surface area contributed by atoms with Crippen molar-refractivity contribution in [2.24, 2.45) is 0 Å². The predicted octanol–water partition coefficient (Wildman–Crippen LogP) is 4.36. The molecule has 5 nitrogen and oxygen atoms in total. The Morgan fingerprint density at radius 1 is 1.11 bits per heavy atom. The molecule has 1 atom stereocenters. The van der Waals surface area contributed by atoms with Gasteiger partial charge in [0.05, 0.1) is 12.0 Å². The monoisotopic (exact) mass is 435 g/mol. The molecule has 0 aliphatic carbocycles. The summed E-state index contributed by atoms with van der Waals surface area (Å²) in [4.78, 5) is 13.3. The molecule has 1 amide bonds. The first kappa shape index (κ1) is 20.4. The number of hydrogen-bond donors (Lipinski definition) is 1. The van der Waals surface area contributed by atoms with Crippen molar-refractivity contribution >= 4 is 38.7 Å². The van der Waals surface area contributed by atoms with E-state index in [2.05, 4.69) is 5.32 Å². The van der Waals surface area contributed by atoms with E-state index in [1.54, 1.807) is 43.5 Å². The Labute approximate surface area is 172 Å². The highest BCUT2D eigenvalue weighted by Gasteiger charge is 2.30. The zero-order chi connectivity index (χ0) is 20.1. The predicted molar refractivity (Wildman–Crippen MR) is 111 cm³/mol. The molecule has 1 aromatic heterocycles. The molecule has 0 bridgehead atoms. The first-order valence-corrected chi connectivity index (χ1v) is 11.2. The molecule has 8 heteroatoms. The third-order valence-corrected chi connectivity index (χ3v) is 7.66. The number of rotatable bonds is 7. The highest BCUT2D eigenvalue weighted by atomic mass is 35.5. The third kappa shape index (κ3) is 4.55. The fourth-order valence-corrected chi connectivity index (χ4v) is 5.57. The number of carbonyl (C=O) groups is 1. The van der Waals surface area contributed by atoms with Crippen LogP contribution >= 0.6 is 22.9 Å². The van der Waals surface area contributed by atoms with Crippen LogP contribution in [0.4, 0.5) is 0 Å². The van der Waals surface area contributed by atoms with Gasteiger partial charge in [-0.3, -0.25) is 4.79 Å². The molecule has 2 aromatic carbocycles. The molecule has 3 rings (SSSR count). The van der Waals surface area contributed by atoms with Crippen LogP contribution in [-0.4, -0.2) is 28.0 Å². The summed E-state index contributed by atoms with van der Waals surface area (Å²) in [6.07, 6.45) is 0. The van der Waals surface area contributed by atoms with E-state index in [1.165, 1.54) is 35.6 Å². The van der Waals surface area contributed by atoms with Gasteiger partial charge in [-0.05, 0) is 60.0 Å². The smallest absolute Gasteiger partial charge is 0.251 e. The second kappa shape index (κ2) is 8.77. The second-order valence-electron chi connectivity index (χ2n) is 5.94. The lowest BCUT2D eigenvalue weighted by Crippen LogP contribution is -2.31. The van der Waals surface area contributed by atoms with E-state index in [9.17, 15) is 13.2 Å². The average Bonchev–Trinajstić information content (AvgIpc) is 3.22. The lowest BCUT2D eigenvalue weighted by molar-refractivity contribution is 0.0953. The maximum absolute atomic E-state index is 13.2. The van der Waals surface area contributed by atoms with E-state index < -0.39 is 15.1 Å². The molecule has 146 valence electrons. The van der Waals surface area contributed by atoms with Crippen LogP contribution in [0.3, 0.4) is 0 Å². The van der Waals surface area contributed by atoms with Crippen molar-refractivity contribution < 1.29 is 17.9 Å². The van der Waals surface area contributed by atoms with E-state index in [1.807, 2.05) is 5.38 Å². The van der Waals surface area contributed by atoms with Crippen LogP contribution in [0.15, 0.2) is 70.9 Å². The molecule has 28 heavy (non-hydrogen) atoms. The molecule has 0 unspecified atom stereocenters. The number of sulfone groups is 1. The molecule has 0 radical (unpaired) electrons. The first-order chi connectivity index (χ1) is 13.4. The van der Waals surface area contributed by atoms with Crippen molar-refractivity contribution in [3.63, 3.8) is 0 Å². The van der Waals surface area contributed by atoms with Crippen LogP contribution in [-0.2, 0) is 9.84 Å². The van der Waals surface area contributed by atoms with E-state index in [0.29, 0.717) is 21.2 Å². The summed E-state index contributed by atoms with van der Waals surface area (Å²) in [7, 11) is -2.17. The number of thiophene rings is 1. The molecule has 3 aromatic rings. The first-order valence-electron chi connectivity index (χ1n) is 8.37. The highest BCUT2D eigenvalue weighted by Crippen LogP contribution is 2.32. The summed E-state index contributed by atoms with van der Waals surface area (Å²) >= 11 is 7.21. The summed E-state index contributed by atoms with van der Waals surface area (Å²) in [6, 6.07) is 16.2. The lowest BCUT2D eigenvalue weighted by atomic mass is 10.2. The standard InChI is InChI=1S/C20H18ClNO4S2/c1-26-16-8-4-14(5-9-16)20(23)22-13-19(18-3-2-12-27-18)28(24,25)17-10-6-15(21)7-11-17/h2-12,19H,13H2,1H3,(H,22,23)/t19-/m0/s1. The normalized spacial score (nSPS) is 12.4. The van der Waals surface area contributed by atoms with E-state index in [4.69, 9.17) is 16.3 Å². The Balaban J connectivity index is 1.83. The van der Waals surface area contributed by atoms with E-state index >= 15 is 0 Å². The number of amides is 1. The van der Waals surface area contributed by atoms with Crippen LogP contribution in [0.1, 0.15) is 20.5 Å². The molecule has 1 heterocycles. The van der Waals surface area contributed by atoms with Crippen LogP contribution in [0, 0.1) is 0 Å². The minimum absolute atomic E-state index is 0.0453. The van der Waals surface area contributed by atoms with Crippen molar-refractivity contribution in [2.75, 3.05) is 13.7 Å². The van der Waals surface area contributed by atoms with Gasteiger partial charge in [0.25, 0.3) is 5.91 Å². The van der Waals surface area contributed by atoms with Crippen LogP contribution in [0.25, 0.3) is 0 Å². The van der Waals surface area contributed by atoms with Gasteiger partial charge in [-0.2, -0.15) is 0 Å². The fourth-order valence-electron chi connectivity index (χ4n) is 2.66. The Bertz CT molecular complexity index is 1030. The number of hydrogen-bond acceptors (Lipinski definition) is 5. The second-order valence-corrected chi connectivity index (χ2v) is 9.49. The maximum Gasteiger partial charge on any atom is 0.251 e. The van der Waals surface area contributed by atoms with Crippen molar-refractivity contribution in [3.8, 4) is 5.75 Å². The van der Waals surface area contributed by atoms with Gasteiger partial charge in [0.15, 0.2) is 9.84 Å². The fraction of sp³-hybridized carbons (Fsp3) is 0.150. The summed E-state index contributed by atoms with van der Waals surface area (Å²) < 4.78 is 31.4. The molecular weight excluding hydrogens is 418 g/mol. The Morgan fingerprint density at radius 2 is 1.79 bits per heavy atom. The molecule has 0 saturated carbocycles. The van der Waals surface area contributed by atoms with Crippen LogP contribution in [0.2, 0.25) is 5.02 Å². The quantitative estimate of drug-likeness (QED) is 0.598. The number of nitrogens with one attached hydrogen (secondary N) is 1. The highest BCUT2D eigenvalue weighted by molar-refractivity contribution is 7.91. The molecule has 0 aliphatic rings. The van der Waals surface area contributed by atoms with Gasteiger partial charge in [0.2, 0.25) is 0 Å². The molecule has 0 saturated heterocycles. The largest absolute Gasteiger partial charge is 0.497 e. The summed E-state index contributed by atoms with van der Waals surface area (Å²) in [5, 5.41) is 4.11. The van der Waals surface area contributed by atoms with E-state index in [0.717, 1.165) is 0 Å². The Hall–Kier alpha value is -2.35. The van der Waals surface area contributed by atoms with Crippen LogP contribution < -0.4 is 10.1 Å². The van der Waals surface area contributed by atoms with Crippen LogP contribution in [0.5, 0.6) is 5.75 Å². The number of carbonyl (C=O) groups excluding carboxylic acids is 1. The van der Waals surface area contributed by atoms with Crippen molar-refractivity contribution in [1.29, 1.82) is 0 Å². The molecular formula is C20H18ClNO4S2. The number of methoxy groups -OCH3 is 1. The molecule has 0 spiro atoms. The van der Waals surface area contributed by atoms with Crippen molar-refractivity contribution in [3.05, 3.63) is 81.5 Å². The van der Waals surface area contributed by atoms with E-state index in [-0.39, 0.29) is 17.3 Å². The van der Waals surface area contributed by atoms with Gasteiger partial charge >= 0.3 is 0 Å². The van der Waals surface area contributed by atoms with Gasteiger partial charge in [-0.15, -0.1) is 11.3 Å². The number of ether oxygens (including phenoxy) is 1. The van der Waals surface area contributed by atoms with Gasteiger partial charge in [0, 0.05) is 22.0 Å². The lowest BCUT2D eigenvalue weighted by Gasteiger charge is -2.17. The third-order valence-electron chi connectivity index (χ3n) is 4.18. The molecule has 0 fully saturated rings. The Kier molecular flexibility index (Phi) is 6.39. The van der Waals surface area contributed by atoms with Gasteiger partial charge in [-0.25, -0.2) is 8.42 Å². The van der Waals surface area contributed by atoms with Crippen molar-refractivity contribution in [2.45, 2.75) is 10.1 Å². The zero-order valence-electron chi connectivity index (χ0n) is 15.0. The summed E-state index contributed by atoms with van der Waals surface area (Å²) in [6.45, 7) is -0.0453. The van der Waals surface area contributed by atoms with Gasteiger partial charge in [0.1, 0.15) is 11.0 Å². The minimum atomic E-state index is -3.71. The zero-order valence-corrected chi connectivity index (χ0v) is 17.4. The minimum Gasteiger partial charge on any atom is -0.497 e. The SMILES string of the molecule is COc1ccc(C(=O)NC[C@@H](c2cccs2)S(=O)(=O)c2ccc(Cl)cc2)cc1. The number of benzene rings is 2. The van der Waals surface area contributed by atoms with Gasteiger partial charge < -0.3 is 10.1 Å². The summed E-state index contributed by atoms with van der Waals surface area (Å²) in [5.41, 5.74) is 0.426. The van der Waals surface area contributed by atoms with Gasteiger partial charge in [-0.1, -0.05) is 17.7 Å². The summed E-state index contributed by atoms with van der Waals surface area (Å²) in [5.74, 6) is 0.286. The molecule has 0 aliphatic heterocycles. The maximum atomic E-state index is 13.2. The number of halogens is 1.